The molecule has 1 aliphatic rings. The highest BCUT2D eigenvalue weighted by Crippen LogP contribution is 2.63. The first-order valence-electron chi connectivity index (χ1n) is 7.04. The lowest BCUT2D eigenvalue weighted by Crippen LogP contribution is -2.22. The molecule has 24 heavy (non-hydrogen) atoms. The van der Waals surface area contributed by atoms with Crippen LogP contribution in [0, 0.1) is 16.7 Å². The Morgan fingerprint density at radius 3 is 2.21 bits per heavy atom. The van der Waals surface area contributed by atoms with E-state index in [1.807, 2.05) is 0 Å². The van der Waals surface area contributed by atoms with Gasteiger partial charge in [-0.05, 0) is 29.8 Å². The monoisotopic (exact) mass is 361 g/mol. The number of carboxylic acid groups (broad SMARTS) is 1. The maximum Gasteiger partial charge on any atom is 0.326 e. The first-order valence-corrected chi connectivity index (χ1v) is 8.97. The molecule has 1 saturated carbocycles. The average Bonchev–Trinajstić information content (AvgIpc) is 3.28. The number of sulfone groups is 1. The molecule has 0 aliphatic heterocycles. The second kappa shape index (κ2) is 5.62. The number of nitriles is 1. The third-order valence-corrected chi connectivity index (χ3v) is 6.80. The van der Waals surface area contributed by atoms with E-state index in [9.17, 15) is 23.6 Å². The summed E-state index contributed by atoms with van der Waals surface area (Å²) in [5.74, 6) is -2.34. The molecule has 7 heteroatoms. The highest BCUT2D eigenvalue weighted by Gasteiger charge is 2.77. The zero-order valence-electron chi connectivity index (χ0n) is 12.3. The normalized spacial score (nSPS) is 25.7. The van der Waals surface area contributed by atoms with Crippen molar-refractivity contribution in [1.29, 1.82) is 5.26 Å². The summed E-state index contributed by atoms with van der Waals surface area (Å²) in [5, 5.41) is 18.1. The quantitative estimate of drug-likeness (QED) is 0.903. The van der Waals surface area contributed by atoms with Crippen LogP contribution in [0.4, 0.5) is 0 Å². The molecule has 0 spiro atoms. The lowest BCUT2D eigenvalue weighted by Gasteiger charge is -2.05. The van der Waals surface area contributed by atoms with Gasteiger partial charge in [-0.15, -0.1) is 0 Å². The number of nitrogens with zero attached hydrogens (tertiary/aromatic N) is 1. The molecule has 0 unspecified atom stereocenters. The molecule has 0 saturated heterocycles. The van der Waals surface area contributed by atoms with Crippen molar-refractivity contribution in [2.45, 2.75) is 16.1 Å². The van der Waals surface area contributed by atoms with Crippen molar-refractivity contribution >= 4 is 27.4 Å². The van der Waals surface area contributed by atoms with E-state index in [1.165, 1.54) is 24.3 Å². The Balaban J connectivity index is 2.13. The summed E-state index contributed by atoms with van der Waals surface area (Å²) in [5.41, 5.74) is -1.47. The second-order valence-corrected chi connectivity index (χ2v) is 8.10. The first kappa shape index (κ1) is 16.5. The smallest absolute Gasteiger partial charge is 0.326 e. The van der Waals surface area contributed by atoms with Crippen LogP contribution in [0.1, 0.15) is 11.5 Å². The Hall–Kier alpha value is -2.36. The van der Waals surface area contributed by atoms with Gasteiger partial charge in [0, 0.05) is 10.9 Å². The average molecular weight is 362 g/mol. The molecule has 2 aromatic carbocycles. The van der Waals surface area contributed by atoms with Crippen LogP contribution in [0.5, 0.6) is 0 Å². The number of halogens is 1. The number of carbonyl (C=O) groups is 1. The van der Waals surface area contributed by atoms with E-state index in [1.54, 1.807) is 36.4 Å². The van der Waals surface area contributed by atoms with Crippen LogP contribution in [0.25, 0.3) is 0 Å². The lowest BCUT2D eigenvalue weighted by molar-refractivity contribution is -0.141. The van der Waals surface area contributed by atoms with E-state index >= 15 is 0 Å². The van der Waals surface area contributed by atoms with Crippen molar-refractivity contribution in [3.8, 4) is 6.07 Å². The second-order valence-electron chi connectivity index (χ2n) is 5.59. The fraction of sp³-hybridized carbons (Fsp3) is 0.176. The molecule has 3 rings (SSSR count). The van der Waals surface area contributed by atoms with Crippen LogP contribution in [0.15, 0.2) is 59.5 Å². The van der Waals surface area contributed by atoms with E-state index in [-0.39, 0.29) is 4.90 Å². The van der Waals surface area contributed by atoms with Gasteiger partial charge < -0.3 is 5.11 Å². The van der Waals surface area contributed by atoms with Crippen LogP contribution < -0.4 is 0 Å². The van der Waals surface area contributed by atoms with Crippen LogP contribution in [0.3, 0.4) is 0 Å². The van der Waals surface area contributed by atoms with Gasteiger partial charge >= 0.3 is 5.97 Å². The van der Waals surface area contributed by atoms with Gasteiger partial charge in [0.15, 0.2) is 15.3 Å². The summed E-state index contributed by atoms with van der Waals surface area (Å²) in [6.45, 7) is 0. The molecule has 1 aliphatic carbocycles. The number of carboxylic acids is 1. The van der Waals surface area contributed by atoms with E-state index < -0.39 is 32.4 Å². The fourth-order valence-corrected chi connectivity index (χ4v) is 5.46. The molecule has 0 radical (unpaired) electrons. The summed E-state index contributed by atoms with van der Waals surface area (Å²) in [7, 11) is -4.01. The van der Waals surface area contributed by atoms with Gasteiger partial charge in [-0.3, -0.25) is 4.79 Å². The zero-order chi connectivity index (χ0) is 17.5. The largest absolute Gasteiger partial charge is 0.480 e. The van der Waals surface area contributed by atoms with Gasteiger partial charge in [0.05, 0.1) is 11.0 Å². The van der Waals surface area contributed by atoms with Gasteiger partial charge in [0.1, 0.15) is 5.25 Å². The minimum atomic E-state index is -4.01. The molecule has 0 aromatic heterocycles. The standard InChI is InChI=1S/C17H12ClNO4S/c18-12-6-8-13(9-7-12)24(22,23)15-14(11-4-2-1-3-5-11)17(15,10-19)16(20)21/h1-9,14-15H,(H,20,21)/t14-,15-,17+/m0/s1. The number of hydrogen-bond donors (Lipinski definition) is 1. The summed E-state index contributed by atoms with van der Waals surface area (Å²) in [4.78, 5) is 11.7. The molecule has 0 heterocycles. The molecule has 5 nitrogen and oxygen atoms in total. The number of aliphatic carboxylic acids is 1. The Kier molecular flexibility index (Phi) is 3.86. The molecule has 1 fully saturated rings. The van der Waals surface area contributed by atoms with Crippen molar-refractivity contribution in [3.05, 3.63) is 65.2 Å². The van der Waals surface area contributed by atoms with E-state index in [0.29, 0.717) is 10.6 Å². The molecule has 0 bridgehead atoms. The molecule has 0 amide bonds. The third kappa shape index (κ3) is 2.29. The van der Waals surface area contributed by atoms with Crippen molar-refractivity contribution in [2.24, 2.45) is 5.41 Å². The molecule has 3 atom stereocenters. The number of hydrogen-bond acceptors (Lipinski definition) is 4. The van der Waals surface area contributed by atoms with Gasteiger partial charge in [0.25, 0.3) is 0 Å². The van der Waals surface area contributed by atoms with E-state index in [0.717, 1.165) is 0 Å². The maximum absolute atomic E-state index is 12.9. The van der Waals surface area contributed by atoms with Crippen LogP contribution in [0.2, 0.25) is 5.02 Å². The predicted octanol–water partition coefficient (Wildman–Crippen LogP) is 2.87. The maximum atomic E-state index is 12.9. The van der Waals surface area contributed by atoms with Gasteiger partial charge in [-0.25, -0.2) is 8.42 Å². The highest BCUT2D eigenvalue weighted by molar-refractivity contribution is 7.92. The molecule has 2 aromatic rings. The Morgan fingerprint density at radius 2 is 1.71 bits per heavy atom. The van der Waals surface area contributed by atoms with Crippen molar-refractivity contribution < 1.29 is 18.3 Å². The summed E-state index contributed by atoms with van der Waals surface area (Å²) < 4.78 is 25.8. The summed E-state index contributed by atoms with van der Waals surface area (Å²) >= 11 is 5.77. The van der Waals surface area contributed by atoms with Gasteiger partial charge in [-0.1, -0.05) is 41.9 Å². The van der Waals surface area contributed by atoms with E-state index in [2.05, 4.69) is 0 Å². The van der Waals surface area contributed by atoms with Crippen molar-refractivity contribution in [1.82, 2.24) is 0 Å². The van der Waals surface area contributed by atoms with Crippen molar-refractivity contribution in [3.63, 3.8) is 0 Å². The Labute approximate surface area is 144 Å². The fourth-order valence-electron chi connectivity index (χ4n) is 3.08. The predicted molar refractivity (Wildman–Crippen MR) is 87.3 cm³/mol. The molecular weight excluding hydrogens is 350 g/mol. The van der Waals surface area contributed by atoms with Crippen LogP contribution in [-0.2, 0) is 14.6 Å². The van der Waals surface area contributed by atoms with E-state index in [4.69, 9.17) is 11.6 Å². The molecule has 1 N–H and O–H groups in total. The Bertz CT molecular complexity index is 935. The van der Waals surface area contributed by atoms with Gasteiger partial charge in [0.2, 0.25) is 0 Å². The topological polar surface area (TPSA) is 95.2 Å². The van der Waals surface area contributed by atoms with Gasteiger partial charge in [-0.2, -0.15) is 5.26 Å². The third-order valence-electron chi connectivity index (χ3n) is 4.31. The van der Waals surface area contributed by atoms with Crippen LogP contribution >= 0.6 is 11.6 Å². The number of benzene rings is 2. The highest BCUT2D eigenvalue weighted by atomic mass is 35.5. The minimum Gasteiger partial charge on any atom is -0.480 e. The summed E-state index contributed by atoms with van der Waals surface area (Å²) in [6.07, 6.45) is 0. The Morgan fingerprint density at radius 1 is 1.12 bits per heavy atom. The summed E-state index contributed by atoms with van der Waals surface area (Å²) in [6, 6.07) is 15.6. The SMILES string of the molecule is N#C[C@@]1(C(=O)O)[C@@H](c2ccccc2)[C@@H]1S(=O)(=O)c1ccc(Cl)cc1. The minimum absolute atomic E-state index is 0.0452. The zero-order valence-corrected chi connectivity index (χ0v) is 13.8. The van der Waals surface area contributed by atoms with Crippen molar-refractivity contribution in [2.75, 3.05) is 0 Å². The molecular formula is C17H12ClNO4S. The molecule has 122 valence electrons. The first-order chi connectivity index (χ1) is 11.4. The lowest BCUT2D eigenvalue weighted by atomic mass is 10.0. The van der Waals surface area contributed by atoms with Crippen LogP contribution in [-0.4, -0.2) is 24.7 Å². The number of rotatable bonds is 4.